The molecule has 6 heteroatoms. The third-order valence-corrected chi connectivity index (χ3v) is 8.03. The van der Waals surface area contributed by atoms with Gasteiger partial charge in [0.2, 0.25) is 0 Å². The number of halogens is 3. The summed E-state index contributed by atoms with van der Waals surface area (Å²) in [4.78, 5) is 6.01. The second-order valence-electron chi connectivity index (χ2n) is 7.00. The number of fused-ring (bicyclic) bond motifs is 1. The van der Waals surface area contributed by atoms with Gasteiger partial charge in [-0.1, -0.05) is 57.9 Å². The summed E-state index contributed by atoms with van der Waals surface area (Å²) in [5.41, 5.74) is 5.03. The maximum absolute atomic E-state index is 6.14. The van der Waals surface area contributed by atoms with Gasteiger partial charge in [0.15, 0.2) is 0 Å². The third-order valence-electron chi connectivity index (χ3n) is 5.17. The number of nitrogens with zero attached hydrogens (tertiary/aromatic N) is 1. The van der Waals surface area contributed by atoms with Gasteiger partial charge in [-0.15, -0.1) is 11.3 Å². The summed E-state index contributed by atoms with van der Waals surface area (Å²) in [7, 11) is 0. The smallest absolute Gasteiger partial charge is 0.123 e. The van der Waals surface area contributed by atoms with E-state index in [4.69, 9.17) is 32.9 Å². The van der Waals surface area contributed by atoms with Crippen LogP contribution in [0.5, 0.6) is 5.75 Å². The van der Waals surface area contributed by atoms with Gasteiger partial charge < -0.3 is 4.74 Å². The number of aryl methyl sites for hydroxylation is 2. The van der Waals surface area contributed by atoms with E-state index < -0.39 is 0 Å². The first-order chi connectivity index (χ1) is 13.5. The average molecular weight is 544 g/mol. The van der Waals surface area contributed by atoms with Crippen LogP contribution in [-0.4, -0.2) is 16.0 Å². The SMILES string of the molecule is Cc1sc(-c2ccc(Cl)c(Cl)c2)nc1CCOc1ccc2c(c1)CC[C@H]2CI. The van der Waals surface area contributed by atoms with E-state index in [9.17, 15) is 0 Å². The molecular weight excluding hydrogens is 524 g/mol. The van der Waals surface area contributed by atoms with Crippen LogP contribution in [0.3, 0.4) is 0 Å². The molecule has 0 radical (unpaired) electrons. The van der Waals surface area contributed by atoms with Crippen molar-refractivity contribution in [1.82, 2.24) is 4.98 Å². The lowest BCUT2D eigenvalue weighted by atomic mass is 10.0. The van der Waals surface area contributed by atoms with Crippen molar-refractivity contribution < 1.29 is 4.74 Å². The van der Waals surface area contributed by atoms with Crippen LogP contribution in [0.25, 0.3) is 10.6 Å². The highest BCUT2D eigenvalue weighted by Gasteiger charge is 2.21. The van der Waals surface area contributed by atoms with Crippen molar-refractivity contribution in [3.05, 3.63) is 68.1 Å². The molecule has 2 aromatic carbocycles. The largest absolute Gasteiger partial charge is 0.493 e. The standard InChI is InChI=1S/C22H20Cl2INOS/c1-13-21(26-22(28-13)15-4-7-19(23)20(24)11-15)8-9-27-17-5-6-18-14(10-17)2-3-16(18)12-25/h4-7,10-11,16H,2-3,8-9,12H2,1H3/t16-/m0/s1. The molecular formula is C22H20Cl2INOS. The zero-order chi connectivity index (χ0) is 19.7. The minimum atomic E-state index is 0.554. The highest BCUT2D eigenvalue weighted by molar-refractivity contribution is 14.1. The number of thiazole rings is 1. The first kappa shape index (κ1) is 20.5. The molecule has 0 unspecified atom stereocenters. The number of alkyl halides is 1. The van der Waals surface area contributed by atoms with Gasteiger partial charge in [0, 0.05) is 21.3 Å². The van der Waals surface area contributed by atoms with Crippen molar-refractivity contribution >= 4 is 57.1 Å². The summed E-state index contributed by atoms with van der Waals surface area (Å²) in [6, 6.07) is 12.2. The molecule has 4 rings (SSSR count). The Kier molecular flexibility index (Phi) is 6.50. The van der Waals surface area contributed by atoms with E-state index in [1.165, 1.54) is 33.3 Å². The molecule has 0 fully saturated rings. The van der Waals surface area contributed by atoms with Crippen LogP contribution < -0.4 is 4.74 Å². The number of hydrogen-bond donors (Lipinski definition) is 0. The van der Waals surface area contributed by atoms with Gasteiger partial charge >= 0.3 is 0 Å². The van der Waals surface area contributed by atoms with E-state index in [0.717, 1.165) is 28.4 Å². The summed E-state index contributed by atoms with van der Waals surface area (Å²) < 4.78 is 7.22. The molecule has 28 heavy (non-hydrogen) atoms. The average Bonchev–Trinajstić information content (AvgIpc) is 3.27. The summed E-state index contributed by atoms with van der Waals surface area (Å²) >= 11 is 16.3. The van der Waals surface area contributed by atoms with Crippen LogP contribution in [0.2, 0.25) is 10.0 Å². The zero-order valence-corrected chi connectivity index (χ0v) is 20.0. The molecule has 0 N–H and O–H groups in total. The van der Waals surface area contributed by atoms with Gasteiger partial charge in [0.25, 0.3) is 0 Å². The summed E-state index contributed by atoms with van der Waals surface area (Å²) in [5.74, 6) is 1.67. The molecule has 0 bridgehead atoms. The normalized spacial score (nSPS) is 15.6. The fraction of sp³-hybridized carbons (Fsp3) is 0.318. The van der Waals surface area contributed by atoms with Gasteiger partial charge in [-0.3, -0.25) is 0 Å². The predicted octanol–water partition coefficient (Wildman–Crippen LogP) is 7.51. The van der Waals surface area contributed by atoms with Crippen molar-refractivity contribution in [2.24, 2.45) is 0 Å². The Hall–Kier alpha value is -0.820. The molecule has 1 heterocycles. The van der Waals surface area contributed by atoms with Gasteiger partial charge in [0.05, 0.1) is 22.3 Å². The third kappa shape index (κ3) is 4.35. The number of aromatic nitrogens is 1. The van der Waals surface area contributed by atoms with E-state index in [0.29, 0.717) is 22.6 Å². The maximum atomic E-state index is 6.14. The Morgan fingerprint density at radius 2 is 2.04 bits per heavy atom. The monoisotopic (exact) mass is 543 g/mol. The van der Waals surface area contributed by atoms with E-state index in [-0.39, 0.29) is 0 Å². The van der Waals surface area contributed by atoms with Crippen molar-refractivity contribution in [3.8, 4) is 16.3 Å². The molecule has 0 aliphatic heterocycles. The minimum Gasteiger partial charge on any atom is -0.493 e. The fourth-order valence-electron chi connectivity index (χ4n) is 3.61. The summed E-state index contributed by atoms with van der Waals surface area (Å²) in [6.45, 7) is 2.73. The molecule has 0 saturated carbocycles. The molecule has 146 valence electrons. The van der Waals surface area contributed by atoms with Gasteiger partial charge in [-0.05, 0) is 61.1 Å². The minimum absolute atomic E-state index is 0.554. The van der Waals surface area contributed by atoms with E-state index in [1.807, 2.05) is 18.2 Å². The molecule has 3 aromatic rings. The highest BCUT2D eigenvalue weighted by atomic mass is 127. The number of hydrogen-bond acceptors (Lipinski definition) is 3. The Balaban J connectivity index is 1.41. The lowest BCUT2D eigenvalue weighted by Crippen LogP contribution is -2.03. The van der Waals surface area contributed by atoms with Crippen LogP contribution in [0.1, 0.15) is 34.0 Å². The van der Waals surface area contributed by atoms with E-state index >= 15 is 0 Å². The van der Waals surface area contributed by atoms with Crippen LogP contribution in [-0.2, 0) is 12.8 Å². The molecule has 1 aliphatic rings. The van der Waals surface area contributed by atoms with Crippen LogP contribution in [0, 0.1) is 6.92 Å². The highest BCUT2D eigenvalue weighted by Crippen LogP contribution is 2.36. The molecule has 2 nitrogen and oxygen atoms in total. The first-order valence-corrected chi connectivity index (χ1v) is 12.4. The van der Waals surface area contributed by atoms with Crippen LogP contribution in [0.15, 0.2) is 36.4 Å². The van der Waals surface area contributed by atoms with Crippen LogP contribution >= 0.6 is 57.1 Å². The zero-order valence-electron chi connectivity index (χ0n) is 15.5. The topological polar surface area (TPSA) is 22.1 Å². The predicted molar refractivity (Wildman–Crippen MR) is 128 cm³/mol. The molecule has 0 saturated heterocycles. The lowest BCUT2D eigenvalue weighted by molar-refractivity contribution is 0.320. The fourth-order valence-corrected chi connectivity index (χ4v) is 5.78. The quantitative estimate of drug-likeness (QED) is 0.237. The van der Waals surface area contributed by atoms with Crippen LogP contribution in [0.4, 0.5) is 0 Å². The Labute approximate surface area is 193 Å². The maximum Gasteiger partial charge on any atom is 0.123 e. The number of ether oxygens (including phenoxy) is 1. The van der Waals surface area contributed by atoms with E-state index in [1.54, 1.807) is 11.3 Å². The van der Waals surface area contributed by atoms with Gasteiger partial charge in [-0.2, -0.15) is 0 Å². The van der Waals surface area contributed by atoms with Crippen molar-refractivity contribution in [2.45, 2.75) is 32.1 Å². The molecule has 0 spiro atoms. The van der Waals surface area contributed by atoms with Crippen molar-refractivity contribution in [3.63, 3.8) is 0 Å². The lowest BCUT2D eigenvalue weighted by Gasteiger charge is -2.10. The van der Waals surface area contributed by atoms with Gasteiger partial charge in [0.1, 0.15) is 10.8 Å². The molecule has 1 aromatic heterocycles. The van der Waals surface area contributed by atoms with Crippen molar-refractivity contribution in [1.29, 1.82) is 0 Å². The second-order valence-corrected chi connectivity index (χ2v) is 9.90. The Morgan fingerprint density at radius 1 is 1.18 bits per heavy atom. The van der Waals surface area contributed by atoms with Crippen molar-refractivity contribution in [2.75, 3.05) is 11.0 Å². The number of benzene rings is 2. The second kappa shape index (κ2) is 8.90. The summed E-state index contributed by atoms with van der Waals surface area (Å²) in [6.07, 6.45) is 3.22. The first-order valence-electron chi connectivity index (χ1n) is 9.28. The van der Waals surface area contributed by atoms with Gasteiger partial charge in [-0.25, -0.2) is 4.98 Å². The summed E-state index contributed by atoms with van der Waals surface area (Å²) in [5, 5.41) is 2.08. The Bertz CT molecular complexity index is 1000. The Morgan fingerprint density at radius 3 is 2.82 bits per heavy atom. The molecule has 1 atom stereocenters. The van der Waals surface area contributed by atoms with E-state index in [2.05, 4.69) is 47.7 Å². The number of rotatable bonds is 6. The molecule has 1 aliphatic carbocycles. The molecule has 0 amide bonds.